The van der Waals surface area contributed by atoms with Crippen molar-refractivity contribution in [3.05, 3.63) is 108 Å². The number of carbonyl (C=O) groups is 1. The third-order valence-electron chi connectivity index (χ3n) is 6.86. The van der Waals surface area contributed by atoms with Crippen molar-refractivity contribution in [1.82, 2.24) is 4.98 Å². The topological polar surface area (TPSA) is 30.0 Å². The highest BCUT2D eigenvalue weighted by Crippen LogP contribution is 2.42. The number of rotatable bonds is 2. The standard InChI is InChI=1S/C29H22NO/c1-29(18-19-8-14-27-21(17-19)6-4-16-30-27)26-13-11-23-22-7-3-2-5-20(22)9-10-24(23)25(26)12-15-28(29)31/h2-11,13-14,16-18H,12,15H2,1H3. The molecule has 4 aromatic carbocycles. The highest BCUT2D eigenvalue weighted by atomic mass is 16.1. The first-order valence-electron chi connectivity index (χ1n) is 10.8. The van der Waals surface area contributed by atoms with E-state index < -0.39 is 5.41 Å². The van der Waals surface area contributed by atoms with E-state index in [4.69, 9.17) is 0 Å². The van der Waals surface area contributed by atoms with Crippen LogP contribution in [0, 0.1) is 6.42 Å². The predicted octanol–water partition coefficient (Wildman–Crippen LogP) is 6.57. The summed E-state index contributed by atoms with van der Waals surface area (Å²) in [6.07, 6.45) is 5.32. The molecule has 0 spiro atoms. The van der Waals surface area contributed by atoms with Crippen molar-refractivity contribution < 1.29 is 4.79 Å². The predicted molar refractivity (Wildman–Crippen MR) is 127 cm³/mol. The van der Waals surface area contributed by atoms with E-state index in [1.807, 2.05) is 18.3 Å². The van der Waals surface area contributed by atoms with Crippen LogP contribution >= 0.6 is 0 Å². The second kappa shape index (κ2) is 6.75. The Balaban J connectivity index is 1.52. The van der Waals surface area contributed by atoms with Gasteiger partial charge >= 0.3 is 0 Å². The molecule has 149 valence electrons. The summed E-state index contributed by atoms with van der Waals surface area (Å²) < 4.78 is 0. The molecule has 0 N–H and O–H groups in total. The summed E-state index contributed by atoms with van der Waals surface area (Å²) in [6, 6.07) is 27.6. The molecule has 0 bridgehead atoms. The van der Waals surface area contributed by atoms with E-state index in [9.17, 15) is 4.79 Å². The SMILES string of the molecule is CC1([CH]c2ccc3ncccc3c2)C(=O)CCc2c1ccc1c2ccc2ccccc21. The molecule has 1 atom stereocenters. The van der Waals surface area contributed by atoms with Gasteiger partial charge in [0.25, 0.3) is 0 Å². The maximum absolute atomic E-state index is 13.3. The molecule has 1 aliphatic carbocycles. The Hall–Kier alpha value is -3.52. The number of Topliss-reactive ketones (excluding diaryl/α,β-unsaturated/α-hetero) is 1. The summed E-state index contributed by atoms with van der Waals surface area (Å²) in [7, 11) is 0. The van der Waals surface area contributed by atoms with Crippen molar-refractivity contribution in [2.75, 3.05) is 0 Å². The third-order valence-corrected chi connectivity index (χ3v) is 6.86. The lowest BCUT2D eigenvalue weighted by molar-refractivity contribution is -0.123. The first-order valence-corrected chi connectivity index (χ1v) is 10.8. The van der Waals surface area contributed by atoms with E-state index in [1.54, 1.807) is 0 Å². The van der Waals surface area contributed by atoms with Crippen LogP contribution in [0.3, 0.4) is 0 Å². The number of fused-ring (bicyclic) bond motifs is 6. The molecular weight excluding hydrogens is 378 g/mol. The van der Waals surface area contributed by atoms with Gasteiger partial charge in [-0.05, 0) is 69.8 Å². The quantitative estimate of drug-likeness (QED) is 0.314. The van der Waals surface area contributed by atoms with Gasteiger partial charge in [0.05, 0.1) is 10.9 Å². The van der Waals surface area contributed by atoms with Gasteiger partial charge in [-0.3, -0.25) is 9.78 Å². The van der Waals surface area contributed by atoms with Gasteiger partial charge in [-0.1, -0.05) is 60.7 Å². The number of hydrogen-bond acceptors (Lipinski definition) is 2. The van der Waals surface area contributed by atoms with Crippen LogP contribution in [-0.2, 0) is 16.6 Å². The summed E-state index contributed by atoms with van der Waals surface area (Å²) in [6.45, 7) is 2.08. The maximum atomic E-state index is 13.3. The molecule has 1 aliphatic rings. The Kier molecular flexibility index (Phi) is 3.97. The minimum atomic E-state index is -0.636. The lowest BCUT2D eigenvalue weighted by Gasteiger charge is -2.35. The second-order valence-electron chi connectivity index (χ2n) is 8.70. The molecule has 1 heterocycles. The molecule has 0 saturated carbocycles. The van der Waals surface area contributed by atoms with E-state index >= 15 is 0 Å². The lowest BCUT2D eigenvalue weighted by atomic mass is 9.66. The Morgan fingerprint density at radius 1 is 0.806 bits per heavy atom. The molecule has 1 unspecified atom stereocenters. The molecular formula is C29H22NO. The molecule has 2 nitrogen and oxygen atoms in total. The Morgan fingerprint density at radius 3 is 2.58 bits per heavy atom. The van der Waals surface area contributed by atoms with Crippen LogP contribution in [0.1, 0.15) is 30.0 Å². The number of nitrogens with zero attached hydrogens (tertiary/aromatic N) is 1. The molecule has 0 saturated heterocycles. The van der Waals surface area contributed by atoms with Crippen molar-refractivity contribution >= 4 is 38.2 Å². The Labute approximate surface area is 181 Å². The fourth-order valence-electron chi connectivity index (χ4n) is 5.23. The van der Waals surface area contributed by atoms with Crippen molar-refractivity contribution in [2.45, 2.75) is 25.2 Å². The van der Waals surface area contributed by atoms with Gasteiger partial charge in [-0.15, -0.1) is 0 Å². The van der Waals surface area contributed by atoms with E-state index in [0.717, 1.165) is 28.5 Å². The van der Waals surface area contributed by atoms with Crippen LogP contribution in [-0.4, -0.2) is 10.8 Å². The van der Waals surface area contributed by atoms with Gasteiger partial charge in [0.2, 0.25) is 0 Å². The zero-order valence-electron chi connectivity index (χ0n) is 17.4. The average molecular weight is 401 g/mol. The normalized spacial score (nSPS) is 18.5. The van der Waals surface area contributed by atoms with Crippen LogP contribution in [0.5, 0.6) is 0 Å². The van der Waals surface area contributed by atoms with Gasteiger partial charge in [0, 0.05) is 24.4 Å². The third kappa shape index (κ3) is 2.79. The van der Waals surface area contributed by atoms with Crippen LogP contribution in [0.2, 0.25) is 0 Å². The number of ketones is 1. The average Bonchev–Trinajstić information content (AvgIpc) is 2.81. The van der Waals surface area contributed by atoms with Gasteiger partial charge < -0.3 is 0 Å². The number of benzene rings is 4. The largest absolute Gasteiger partial charge is 0.299 e. The minimum Gasteiger partial charge on any atom is -0.299 e. The van der Waals surface area contributed by atoms with Crippen molar-refractivity contribution in [1.29, 1.82) is 0 Å². The van der Waals surface area contributed by atoms with E-state index in [0.29, 0.717) is 6.42 Å². The number of pyridine rings is 1. The van der Waals surface area contributed by atoms with Gasteiger partial charge in [-0.2, -0.15) is 0 Å². The zero-order chi connectivity index (χ0) is 21.0. The number of aryl methyl sites for hydroxylation is 1. The van der Waals surface area contributed by atoms with E-state index in [1.165, 1.54) is 27.1 Å². The Bertz CT molecular complexity index is 1500. The molecule has 5 aromatic rings. The summed E-state index contributed by atoms with van der Waals surface area (Å²) in [4.78, 5) is 17.7. The first kappa shape index (κ1) is 18.3. The van der Waals surface area contributed by atoms with Crippen molar-refractivity contribution in [2.24, 2.45) is 0 Å². The smallest absolute Gasteiger partial charge is 0.144 e. The maximum Gasteiger partial charge on any atom is 0.144 e. The molecule has 1 radical (unpaired) electrons. The summed E-state index contributed by atoms with van der Waals surface area (Å²) in [5.74, 6) is 0.284. The van der Waals surface area contributed by atoms with Crippen molar-refractivity contribution in [3.63, 3.8) is 0 Å². The van der Waals surface area contributed by atoms with Gasteiger partial charge in [0.1, 0.15) is 5.78 Å². The summed E-state index contributed by atoms with van der Waals surface area (Å²) in [5, 5.41) is 6.15. The fourth-order valence-corrected chi connectivity index (χ4v) is 5.23. The van der Waals surface area contributed by atoms with E-state index in [2.05, 4.69) is 85.1 Å². The summed E-state index contributed by atoms with van der Waals surface area (Å²) in [5.41, 5.74) is 3.84. The molecule has 0 amide bonds. The summed E-state index contributed by atoms with van der Waals surface area (Å²) >= 11 is 0. The van der Waals surface area contributed by atoms with Crippen LogP contribution in [0.25, 0.3) is 32.4 Å². The molecule has 0 aliphatic heterocycles. The molecule has 6 rings (SSSR count). The molecule has 2 heteroatoms. The van der Waals surface area contributed by atoms with Crippen LogP contribution in [0.4, 0.5) is 0 Å². The minimum absolute atomic E-state index is 0.284. The molecule has 0 fully saturated rings. The lowest BCUT2D eigenvalue weighted by Crippen LogP contribution is -2.38. The highest BCUT2D eigenvalue weighted by Gasteiger charge is 2.40. The Morgan fingerprint density at radius 2 is 1.65 bits per heavy atom. The zero-order valence-corrected chi connectivity index (χ0v) is 17.4. The van der Waals surface area contributed by atoms with Crippen molar-refractivity contribution in [3.8, 4) is 0 Å². The fraction of sp³-hybridized carbons (Fsp3) is 0.138. The van der Waals surface area contributed by atoms with Crippen LogP contribution < -0.4 is 0 Å². The first-order chi connectivity index (χ1) is 15.1. The van der Waals surface area contributed by atoms with E-state index in [-0.39, 0.29) is 5.78 Å². The molecule has 1 aromatic heterocycles. The molecule has 31 heavy (non-hydrogen) atoms. The second-order valence-corrected chi connectivity index (χ2v) is 8.70. The van der Waals surface area contributed by atoms with Crippen LogP contribution in [0.15, 0.2) is 85.1 Å². The van der Waals surface area contributed by atoms with Gasteiger partial charge in [-0.25, -0.2) is 0 Å². The highest BCUT2D eigenvalue weighted by molar-refractivity contribution is 6.10. The monoisotopic (exact) mass is 400 g/mol. The number of aromatic nitrogens is 1. The number of carbonyl (C=O) groups excluding carboxylic acids is 1. The number of hydrogen-bond donors (Lipinski definition) is 0. The van der Waals surface area contributed by atoms with Gasteiger partial charge in [0.15, 0.2) is 0 Å².